The van der Waals surface area contributed by atoms with E-state index >= 15 is 0 Å². The lowest BCUT2D eigenvalue weighted by molar-refractivity contribution is -0.120. The quantitative estimate of drug-likeness (QED) is 0.233. The van der Waals surface area contributed by atoms with Gasteiger partial charge in [-0.2, -0.15) is 0 Å². The fourth-order valence-corrected chi connectivity index (χ4v) is 5.32. The lowest BCUT2D eigenvalue weighted by Crippen LogP contribution is -2.46. The second-order valence-electron chi connectivity index (χ2n) is 10.6. The van der Waals surface area contributed by atoms with Crippen molar-refractivity contribution in [1.82, 2.24) is 9.47 Å². The van der Waals surface area contributed by atoms with Crippen molar-refractivity contribution in [1.29, 1.82) is 0 Å². The fraction of sp³-hybridized carbons (Fsp3) is 0.242. The van der Waals surface area contributed by atoms with Crippen molar-refractivity contribution in [2.75, 3.05) is 37.7 Å². The number of aryl methyl sites for hydroxylation is 2. The molecule has 8 heteroatoms. The van der Waals surface area contributed by atoms with Gasteiger partial charge >= 0.3 is 5.91 Å². The van der Waals surface area contributed by atoms with Crippen LogP contribution in [0.1, 0.15) is 11.1 Å². The molecular weight excluding hydrogens is 514 g/mol. The first-order chi connectivity index (χ1) is 19.9. The highest BCUT2D eigenvalue weighted by atomic mass is 16.5. The van der Waals surface area contributed by atoms with E-state index < -0.39 is 5.91 Å². The van der Waals surface area contributed by atoms with E-state index in [0.717, 1.165) is 53.4 Å². The van der Waals surface area contributed by atoms with E-state index in [1.807, 2.05) is 72.2 Å². The number of aromatic nitrogens is 1. The van der Waals surface area contributed by atoms with Gasteiger partial charge in [0.25, 0.3) is 0 Å². The van der Waals surface area contributed by atoms with Gasteiger partial charge in [-0.3, -0.25) is 14.3 Å². The highest BCUT2D eigenvalue weighted by Gasteiger charge is 2.22. The maximum absolute atomic E-state index is 12.6. The van der Waals surface area contributed by atoms with Crippen LogP contribution in [-0.2, 0) is 11.5 Å². The first-order valence-corrected chi connectivity index (χ1v) is 13.9. The summed E-state index contributed by atoms with van der Waals surface area (Å²) < 4.78 is 7.52. The van der Waals surface area contributed by atoms with Crippen molar-refractivity contribution in [3.05, 3.63) is 96.1 Å². The third-order valence-corrected chi connectivity index (χ3v) is 7.62. The Morgan fingerprint density at radius 3 is 2.37 bits per heavy atom. The van der Waals surface area contributed by atoms with E-state index in [0.29, 0.717) is 18.1 Å². The summed E-state index contributed by atoms with van der Waals surface area (Å²) in [4.78, 5) is 17.3. The molecule has 1 aromatic heterocycles. The number of carbonyl (C=O) groups is 1. The van der Waals surface area contributed by atoms with Crippen molar-refractivity contribution in [3.8, 4) is 11.6 Å². The molecule has 2 heterocycles. The molecule has 0 unspecified atom stereocenters. The van der Waals surface area contributed by atoms with Gasteiger partial charge in [0.2, 0.25) is 5.88 Å². The fourth-order valence-electron chi connectivity index (χ4n) is 5.32. The molecular formula is C33H33N5O3. The molecule has 41 heavy (non-hydrogen) atoms. The molecule has 1 amide bonds. The molecule has 6 rings (SSSR count). The Morgan fingerprint density at radius 1 is 0.854 bits per heavy atom. The molecule has 0 spiro atoms. The van der Waals surface area contributed by atoms with Crippen LogP contribution in [0.5, 0.6) is 11.6 Å². The topological polar surface area (TPSA) is 82.7 Å². The Hall–Kier alpha value is -4.69. The molecule has 1 aliphatic heterocycles. The minimum Gasteiger partial charge on any atom is -0.493 e. The lowest BCUT2D eigenvalue weighted by Gasteiger charge is -2.36. The van der Waals surface area contributed by atoms with Crippen LogP contribution in [0.4, 0.5) is 11.4 Å². The summed E-state index contributed by atoms with van der Waals surface area (Å²) in [5.41, 5.74) is 4.66. The zero-order valence-electron chi connectivity index (χ0n) is 23.3. The maximum Gasteiger partial charge on any atom is 0.302 e. The lowest BCUT2D eigenvalue weighted by atomic mass is 10.1. The highest BCUT2D eigenvalue weighted by Crippen LogP contribution is 2.39. The Morgan fingerprint density at radius 2 is 1.59 bits per heavy atom. The molecule has 0 atom stereocenters. The summed E-state index contributed by atoms with van der Waals surface area (Å²) in [5.74, 6) is 0.0571. The van der Waals surface area contributed by atoms with Crippen LogP contribution in [0.3, 0.4) is 0 Å². The molecule has 4 aromatic carbocycles. The summed E-state index contributed by atoms with van der Waals surface area (Å²) in [6, 6.07) is 28.2. The van der Waals surface area contributed by atoms with Gasteiger partial charge in [-0.15, -0.1) is 10.2 Å². The zero-order valence-corrected chi connectivity index (χ0v) is 23.3. The van der Waals surface area contributed by atoms with Crippen LogP contribution >= 0.6 is 0 Å². The van der Waals surface area contributed by atoms with Gasteiger partial charge in [0.05, 0.1) is 12.2 Å². The standard InChI is InChI=1S/C33H33N5O3/c1-23-7-11-27(12-8-23)37-17-15-36(16-18-37)22-38-30-14-9-24(2)19-29(30)32(33(38)40)35-34-31(39)21-41-28-13-10-25-5-3-4-6-26(25)20-28/h3-14,19-20,40H,15-18,21-22H2,1-2H3. The molecule has 1 N–H and O–H groups in total. The van der Waals surface area contributed by atoms with Crippen LogP contribution in [0.2, 0.25) is 0 Å². The number of rotatable bonds is 7. The average Bonchev–Trinajstić information content (AvgIpc) is 3.24. The second kappa shape index (κ2) is 11.4. The smallest absolute Gasteiger partial charge is 0.302 e. The van der Waals surface area contributed by atoms with Gasteiger partial charge in [0.1, 0.15) is 5.75 Å². The number of carbonyl (C=O) groups excluding carboxylic acids is 1. The molecule has 5 aromatic rings. The van der Waals surface area contributed by atoms with Crippen LogP contribution in [0, 0.1) is 13.8 Å². The number of benzene rings is 4. The summed E-state index contributed by atoms with van der Waals surface area (Å²) in [6.45, 7) is 7.89. The third-order valence-electron chi connectivity index (χ3n) is 7.62. The largest absolute Gasteiger partial charge is 0.493 e. The van der Waals surface area contributed by atoms with Crippen molar-refractivity contribution in [2.45, 2.75) is 20.5 Å². The van der Waals surface area contributed by atoms with Crippen molar-refractivity contribution < 1.29 is 14.6 Å². The van der Waals surface area contributed by atoms with Crippen LogP contribution in [0.15, 0.2) is 95.2 Å². The SMILES string of the molecule is Cc1ccc(N2CCN(Cn3c(O)c(N=NC(=O)COc4ccc5ccccc5c4)c4cc(C)ccc43)CC2)cc1. The first kappa shape index (κ1) is 26.5. The van der Waals surface area contributed by atoms with E-state index in [-0.39, 0.29) is 12.5 Å². The monoisotopic (exact) mass is 547 g/mol. The predicted molar refractivity (Wildman–Crippen MR) is 162 cm³/mol. The van der Waals surface area contributed by atoms with Gasteiger partial charge in [0, 0.05) is 37.3 Å². The number of amides is 1. The normalized spacial score (nSPS) is 14.3. The molecule has 208 valence electrons. The van der Waals surface area contributed by atoms with Crippen molar-refractivity contribution >= 4 is 39.0 Å². The van der Waals surface area contributed by atoms with Gasteiger partial charge in [-0.05, 0) is 61.0 Å². The van der Waals surface area contributed by atoms with E-state index in [9.17, 15) is 9.90 Å². The van der Waals surface area contributed by atoms with Crippen molar-refractivity contribution in [2.24, 2.45) is 10.2 Å². The molecule has 1 fully saturated rings. The summed E-state index contributed by atoms with van der Waals surface area (Å²) in [5, 5.41) is 22.2. The molecule has 1 saturated heterocycles. The van der Waals surface area contributed by atoms with E-state index in [2.05, 4.69) is 51.2 Å². The number of piperazine rings is 1. The molecule has 0 aliphatic carbocycles. The van der Waals surface area contributed by atoms with Crippen LogP contribution in [0.25, 0.3) is 21.7 Å². The van der Waals surface area contributed by atoms with Gasteiger partial charge < -0.3 is 14.7 Å². The van der Waals surface area contributed by atoms with E-state index in [1.165, 1.54) is 11.3 Å². The molecule has 8 nitrogen and oxygen atoms in total. The minimum atomic E-state index is -0.529. The number of anilines is 1. The molecule has 0 bridgehead atoms. The number of azo groups is 1. The Kier molecular flexibility index (Phi) is 7.39. The average molecular weight is 548 g/mol. The highest BCUT2D eigenvalue weighted by molar-refractivity contribution is 5.95. The van der Waals surface area contributed by atoms with Crippen LogP contribution < -0.4 is 9.64 Å². The zero-order chi connectivity index (χ0) is 28.3. The van der Waals surface area contributed by atoms with E-state index in [4.69, 9.17) is 4.74 Å². The molecule has 0 saturated carbocycles. The second-order valence-corrected chi connectivity index (χ2v) is 10.6. The number of hydrogen-bond donors (Lipinski definition) is 1. The first-order valence-electron chi connectivity index (χ1n) is 13.9. The summed E-state index contributed by atoms with van der Waals surface area (Å²) in [6.07, 6.45) is 0. The van der Waals surface area contributed by atoms with E-state index in [1.54, 1.807) is 0 Å². The summed E-state index contributed by atoms with van der Waals surface area (Å²) >= 11 is 0. The van der Waals surface area contributed by atoms with Gasteiger partial charge in [-0.1, -0.05) is 59.7 Å². The van der Waals surface area contributed by atoms with Crippen LogP contribution in [-0.4, -0.2) is 53.3 Å². The summed E-state index contributed by atoms with van der Waals surface area (Å²) in [7, 11) is 0. The Balaban J connectivity index is 1.15. The number of nitrogens with zero attached hydrogens (tertiary/aromatic N) is 5. The minimum absolute atomic E-state index is 0.00133. The number of ether oxygens (including phenoxy) is 1. The number of aromatic hydroxyl groups is 1. The van der Waals surface area contributed by atoms with Crippen molar-refractivity contribution in [3.63, 3.8) is 0 Å². The van der Waals surface area contributed by atoms with Gasteiger partial charge in [-0.25, -0.2) is 0 Å². The molecule has 0 radical (unpaired) electrons. The molecule has 1 aliphatic rings. The number of fused-ring (bicyclic) bond motifs is 2. The van der Waals surface area contributed by atoms with Gasteiger partial charge in [0.15, 0.2) is 12.3 Å². The number of hydrogen-bond acceptors (Lipinski definition) is 6. The third kappa shape index (κ3) is 5.78. The Labute approximate surface area is 239 Å². The predicted octanol–water partition coefficient (Wildman–Crippen LogP) is 6.59. The Bertz CT molecular complexity index is 1730. The maximum atomic E-state index is 12.6.